The third kappa shape index (κ3) is 2.82. The van der Waals surface area contributed by atoms with Crippen molar-refractivity contribution in [2.24, 2.45) is 0 Å². The summed E-state index contributed by atoms with van der Waals surface area (Å²) in [5, 5.41) is 0. The lowest BCUT2D eigenvalue weighted by Crippen LogP contribution is -2.29. The van der Waals surface area contributed by atoms with Gasteiger partial charge in [-0.1, -0.05) is 12.1 Å². The van der Waals surface area contributed by atoms with Crippen LogP contribution in [0, 0.1) is 0 Å². The number of methoxy groups -OCH3 is 1. The van der Waals surface area contributed by atoms with Gasteiger partial charge in [-0.05, 0) is 18.6 Å². The Bertz CT molecular complexity index is 589. The lowest BCUT2D eigenvalue weighted by atomic mass is 10.1. The molecule has 1 aromatic carbocycles. The Hall–Kier alpha value is -2.30. The summed E-state index contributed by atoms with van der Waals surface area (Å²) in [5.74, 6) is 2.95. The summed E-state index contributed by atoms with van der Waals surface area (Å²) in [7, 11) is 1.60. The molecule has 5 heteroatoms. The van der Waals surface area contributed by atoms with E-state index in [1.54, 1.807) is 19.4 Å². The highest BCUT2D eigenvalue weighted by Crippen LogP contribution is 2.31. The molecule has 1 unspecified atom stereocenters. The van der Waals surface area contributed by atoms with Crippen LogP contribution in [0.2, 0.25) is 0 Å². The van der Waals surface area contributed by atoms with Gasteiger partial charge in [0.05, 0.1) is 7.11 Å². The third-order valence-corrected chi connectivity index (χ3v) is 3.15. The normalized spacial score (nSPS) is 16.8. The van der Waals surface area contributed by atoms with Gasteiger partial charge in [0.2, 0.25) is 5.88 Å². The van der Waals surface area contributed by atoms with Gasteiger partial charge in [0.1, 0.15) is 18.5 Å². The summed E-state index contributed by atoms with van der Waals surface area (Å²) in [6.45, 7) is 0.557. The molecule has 0 spiro atoms. The van der Waals surface area contributed by atoms with Gasteiger partial charge in [-0.3, -0.25) is 0 Å². The van der Waals surface area contributed by atoms with E-state index in [1.165, 1.54) is 0 Å². The van der Waals surface area contributed by atoms with Crippen LogP contribution >= 0.6 is 0 Å². The highest BCUT2D eigenvalue weighted by Gasteiger charge is 2.20. The predicted octanol–water partition coefficient (Wildman–Crippen LogP) is 2.26. The second-order valence-electron chi connectivity index (χ2n) is 4.55. The minimum atomic E-state index is 0.0275. The van der Waals surface area contributed by atoms with Gasteiger partial charge >= 0.3 is 0 Å². The number of fused-ring (bicyclic) bond motifs is 1. The molecule has 1 aliphatic heterocycles. The molecule has 0 fully saturated rings. The Morgan fingerprint density at radius 2 is 2.10 bits per heavy atom. The van der Waals surface area contributed by atoms with Gasteiger partial charge in [0, 0.05) is 18.7 Å². The fourth-order valence-electron chi connectivity index (χ4n) is 2.11. The summed E-state index contributed by atoms with van der Waals surface area (Å²) >= 11 is 0. The van der Waals surface area contributed by atoms with E-state index in [-0.39, 0.29) is 6.10 Å². The first kappa shape index (κ1) is 12.7. The first-order valence-electron chi connectivity index (χ1n) is 6.59. The second-order valence-corrected chi connectivity index (χ2v) is 4.55. The number of hydrogen-bond donors (Lipinski definition) is 0. The highest BCUT2D eigenvalue weighted by atomic mass is 16.6. The molecule has 1 aromatic heterocycles. The van der Waals surface area contributed by atoms with E-state index >= 15 is 0 Å². The molecule has 20 heavy (non-hydrogen) atoms. The molecule has 0 saturated carbocycles. The number of hydrogen-bond acceptors (Lipinski definition) is 5. The maximum absolute atomic E-state index is 5.90. The van der Waals surface area contributed by atoms with Crippen LogP contribution in [-0.4, -0.2) is 29.8 Å². The van der Waals surface area contributed by atoms with Crippen molar-refractivity contribution in [2.75, 3.05) is 13.7 Å². The lowest BCUT2D eigenvalue weighted by molar-refractivity contribution is 0.0847. The third-order valence-electron chi connectivity index (χ3n) is 3.15. The van der Waals surface area contributed by atoms with Crippen LogP contribution in [0.1, 0.15) is 12.2 Å². The van der Waals surface area contributed by atoms with Crippen LogP contribution in [0.3, 0.4) is 0 Å². The fourth-order valence-corrected chi connectivity index (χ4v) is 2.11. The monoisotopic (exact) mass is 272 g/mol. The molecule has 1 atom stereocenters. The molecule has 0 radical (unpaired) electrons. The molecule has 5 nitrogen and oxygen atoms in total. The summed E-state index contributed by atoms with van der Waals surface area (Å²) in [6.07, 6.45) is 3.27. The standard InChI is InChI=1S/C15H16N2O3/c1-18-15-8-9-16-14(17-15)7-6-11-10-19-12-4-2-3-5-13(12)20-11/h2-5,8-9,11H,6-7,10H2,1H3. The predicted molar refractivity (Wildman–Crippen MR) is 73.3 cm³/mol. The minimum absolute atomic E-state index is 0.0275. The molecule has 0 amide bonds. The van der Waals surface area contributed by atoms with Gasteiger partial charge in [-0.25, -0.2) is 4.98 Å². The Morgan fingerprint density at radius 1 is 1.25 bits per heavy atom. The second kappa shape index (κ2) is 5.77. The molecule has 104 valence electrons. The van der Waals surface area contributed by atoms with Crippen molar-refractivity contribution in [3.05, 3.63) is 42.4 Å². The molecule has 0 bridgehead atoms. The minimum Gasteiger partial charge on any atom is -0.486 e. The maximum atomic E-state index is 5.90. The van der Waals surface area contributed by atoms with E-state index in [9.17, 15) is 0 Å². The number of nitrogens with zero attached hydrogens (tertiary/aromatic N) is 2. The van der Waals surface area contributed by atoms with E-state index in [2.05, 4.69) is 9.97 Å². The van der Waals surface area contributed by atoms with Crippen molar-refractivity contribution in [3.8, 4) is 17.4 Å². The van der Waals surface area contributed by atoms with Gasteiger partial charge in [0.15, 0.2) is 11.5 Å². The molecule has 0 N–H and O–H groups in total. The summed E-state index contributed by atoms with van der Waals surface area (Å²) < 4.78 is 16.7. The average Bonchev–Trinajstić information content (AvgIpc) is 2.53. The zero-order chi connectivity index (χ0) is 13.8. The SMILES string of the molecule is COc1ccnc(CCC2COc3ccccc3O2)n1. The van der Waals surface area contributed by atoms with Crippen molar-refractivity contribution in [1.82, 2.24) is 9.97 Å². The molecule has 2 aromatic rings. The van der Waals surface area contributed by atoms with E-state index in [0.29, 0.717) is 12.5 Å². The van der Waals surface area contributed by atoms with Crippen molar-refractivity contribution in [2.45, 2.75) is 18.9 Å². The summed E-state index contributed by atoms with van der Waals surface area (Å²) in [6, 6.07) is 9.45. The Kier molecular flexibility index (Phi) is 3.67. The maximum Gasteiger partial charge on any atom is 0.216 e. The Labute approximate surface area is 117 Å². The molecule has 2 heterocycles. The topological polar surface area (TPSA) is 53.5 Å². The number of benzene rings is 1. The van der Waals surface area contributed by atoms with Crippen molar-refractivity contribution in [1.29, 1.82) is 0 Å². The summed E-state index contributed by atoms with van der Waals surface area (Å²) in [4.78, 5) is 8.52. The van der Waals surface area contributed by atoms with Crippen molar-refractivity contribution < 1.29 is 14.2 Å². The van der Waals surface area contributed by atoms with Gasteiger partial charge in [-0.2, -0.15) is 4.98 Å². The first-order chi connectivity index (χ1) is 9.85. The zero-order valence-electron chi connectivity index (χ0n) is 11.3. The van der Waals surface area contributed by atoms with Crippen LogP contribution < -0.4 is 14.2 Å². The Morgan fingerprint density at radius 3 is 2.95 bits per heavy atom. The number of aryl methyl sites for hydroxylation is 1. The lowest BCUT2D eigenvalue weighted by Gasteiger charge is -2.26. The molecule has 1 aliphatic rings. The van der Waals surface area contributed by atoms with Crippen LogP contribution in [0.5, 0.6) is 17.4 Å². The quantitative estimate of drug-likeness (QED) is 0.854. The van der Waals surface area contributed by atoms with Gasteiger partial charge in [0.25, 0.3) is 0 Å². The van der Waals surface area contributed by atoms with E-state index < -0.39 is 0 Å². The summed E-state index contributed by atoms with van der Waals surface area (Å²) in [5.41, 5.74) is 0. The van der Waals surface area contributed by atoms with Crippen molar-refractivity contribution in [3.63, 3.8) is 0 Å². The van der Waals surface area contributed by atoms with E-state index in [0.717, 1.165) is 30.2 Å². The Balaban J connectivity index is 1.60. The van der Waals surface area contributed by atoms with Crippen LogP contribution in [0.25, 0.3) is 0 Å². The fraction of sp³-hybridized carbons (Fsp3) is 0.333. The van der Waals surface area contributed by atoms with E-state index in [1.807, 2.05) is 24.3 Å². The highest BCUT2D eigenvalue weighted by molar-refractivity contribution is 5.40. The molecular weight excluding hydrogens is 256 g/mol. The molecule has 0 aliphatic carbocycles. The largest absolute Gasteiger partial charge is 0.486 e. The van der Waals surface area contributed by atoms with Gasteiger partial charge in [-0.15, -0.1) is 0 Å². The smallest absolute Gasteiger partial charge is 0.216 e. The van der Waals surface area contributed by atoms with Crippen LogP contribution in [0.15, 0.2) is 36.5 Å². The van der Waals surface area contributed by atoms with Crippen molar-refractivity contribution >= 4 is 0 Å². The molecule has 0 saturated heterocycles. The number of para-hydroxylation sites is 2. The molecular formula is C15H16N2O3. The van der Waals surface area contributed by atoms with Crippen LogP contribution in [-0.2, 0) is 6.42 Å². The number of aromatic nitrogens is 2. The number of ether oxygens (including phenoxy) is 3. The number of rotatable bonds is 4. The van der Waals surface area contributed by atoms with E-state index in [4.69, 9.17) is 14.2 Å². The average molecular weight is 272 g/mol. The molecule has 3 rings (SSSR count). The first-order valence-corrected chi connectivity index (χ1v) is 6.59. The van der Waals surface area contributed by atoms with Crippen LogP contribution in [0.4, 0.5) is 0 Å². The zero-order valence-corrected chi connectivity index (χ0v) is 11.3. The van der Waals surface area contributed by atoms with Gasteiger partial charge < -0.3 is 14.2 Å².